The lowest BCUT2D eigenvalue weighted by atomic mass is 10.00. The Bertz CT molecular complexity index is 425. The van der Waals surface area contributed by atoms with Crippen LogP contribution in [-0.4, -0.2) is 11.5 Å². The van der Waals surface area contributed by atoms with Crippen molar-refractivity contribution in [1.29, 1.82) is 0 Å². The molecule has 2 bridgehead atoms. The van der Waals surface area contributed by atoms with Gasteiger partial charge in [-0.05, 0) is 55.9 Å². The number of oxazole rings is 1. The fourth-order valence-electron chi connectivity index (χ4n) is 4.74. The van der Waals surface area contributed by atoms with E-state index in [1.165, 1.54) is 37.1 Å². The highest BCUT2D eigenvalue weighted by Crippen LogP contribution is 2.73. The van der Waals surface area contributed by atoms with Crippen LogP contribution in [-0.2, 0) is 6.54 Å². The van der Waals surface area contributed by atoms with Crippen LogP contribution in [0.1, 0.15) is 50.0 Å². The Morgan fingerprint density at radius 1 is 1.33 bits per heavy atom. The minimum atomic E-state index is 0.720. The first-order valence-corrected chi connectivity index (χ1v) is 7.53. The quantitative estimate of drug-likeness (QED) is 0.812. The molecule has 4 unspecified atom stereocenters. The van der Waals surface area contributed by atoms with E-state index in [0.29, 0.717) is 0 Å². The first kappa shape index (κ1) is 11.0. The van der Waals surface area contributed by atoms with Gasteiger partial charge in [0.1, 0.15) is 5.76 Å². The maximum absolute atomic E-state index is 5.73. The monoisotopic (exact) mass is 246 g/mol. The smallest absolute Gasteiger partial charge is 0.181 e. The summed E-state index contributed by atoms with van der Waals surface area (Å²) in [6.07, 6.45) is 7.27. The molecule has 0 aromatic carbocycles. The highest BCUT2D eigenvalue weighted by atomic mass is 16.3. The van der Waals surface area contributed by atoms with E-state index in [1.807, 2.05) is 0 Å². The van der Waals surface area contributed by atoms with Crippen LogP contribution in [0.2, 0.25) is 0 Å². The summed E-state index contributed by atoms with van der Waals surface area (Å²) in [5.74, 6) is 5.84. The molecule has 0 radical (unpaired) electrons. The third-order valence-corrected chi connectivity index (χ3v) is 5.43. The molecule has 3 nitrogen and oxygen atoms in total. The first-order chi connectivity index (χ1) is 8.90. The lowest BCUT2D eigenvalue weighted by molar-refractivity contribution is 0.437. The van der Waals surface area contributed by atoms with Crippen molar-refractivity contribution in [1.82, 2.24) is 10.3 Å². The number of hydrogen-bond acceptors (Lipinski definition) is 3. The Balaban J connectivity index is 1.48. The molecule has 18 heavy (non-hydrogen) atoms. The van der Waals surface area contributed by atoms with Gasteiger partial charge in [-0.1, -0.05) is 6.92 Å². The molecule has 4 rings (SSSR count). The van der Waals surface area contributed by atoms with Crippen molar-refractivity contribution in [3.05, 3.63) is 17.8 Å². The predicted octanol–water partition coefficient (Wildman–Crippen LogP) is 2.93. The van der Waals surface area contributed by atoms with E-state index in [4.69, 9.17) is 4.42 Å². The van der Waals surface area contributed by atoms with Crippen molar-refractivity contribution in [3.63, 3.8) is 0 Å². The Morgan fingerprint density at radius 3 is 2.83 bits per heavy atom. The summed E-state index contributed by atoms with van der Waals surface area (Å²) in [6, 6.07) is 0. The van der Waals surface area contributed by atoms with Gasteiger partial charge in [0.15, 0.2) is 6.39 Å². The molecule has 1 aromatic heterocycles. The minimum absolute atomic E-state index is 0.720. The van der Waals surface area contributed by atoms with Gasteiger partial charge in [-0.15, -0.1) is 0 Å². The van der Waals surface area contributed by atoms with E-state index in [1.54, 1.807) is 6.39 Å². The molecule has 1 aromatic rings. The second-order valence-corrected chi connectivity index (χ2v) is 6.35. The molecule has 3 saturated carbocycles. The predicted molar refractivity (Wildman–Crippen MR) is 69.1 cm³/mol. The molecular weight excluding hydrogens is 224 g/mol. The average Bonchev–Trinajstić information content (AvgIpc) is 2.78. The van der Waals surface area contributed by atoms with Crippen LogP contribution in [0, 0.1) is 23.7 Å². The fourth-order valence-corrected chi connectivity index (χ4v) is 4.74. The molecule has 98 valence electrons. The molecule has 3 heteroatoms. The van der Waals surface area contributed by atoms with Crippen LogP contribution < -0.4 is 5.32 Å². The van der Waals surface area contributed by atoms with Gasteiger partial charge in [-0.25, -0.2) is 4.98 Å². The maximum atomic E-state index is 5.73. The summed E-state index contributed by atoms with van der Waals surface area (Å²) in [6.45, 7) is 4.14. The fraction of sp³-hybridized carbons (Fsp3) is 0.800. The van der Waals surface area contributed by atoms with Crippen LogP contribution in [0.5, 0.6) is 0 Å². The van der Waals surface area contributed by atoms with Crippen molar-refractivity contribution >= 4 is 0 Å². The zero-order valence-corrected chi connectivity index (χ0v) is 11.1. The van der Waals surface area contributed by atoms with Crippen molar-refractivity contribution in [3.8, 4) is 0 Å². The SMILES string of the molecule is CCCNCc1ncoc1C1C2C3CCC(C3)C12. The van der Waals surface area contributed by atoms with Crippen molar-refractivity contribution in [2.45, 2.75) is 45.1 Å². The van der Waals surface area contributed by atoms with Crippen LogP contribution in [0.15, 0.2) is 10.8 Å². The average molecular weight is 246 g/mol. The standard InChI is InChI=1S/C15H22N2O/c1-2-5-16-7-11-15(18-8-17-11)14-12-9-3-4-10(6-9)13(12)14/h8-10,12-14,16H,2-7H2,1H3. The van der Waals surface area contributed by atoms with Crippen molar-refractivity contribution < 1.29 is 4.42 Å². The van der Waals surface area contributed by atoms with Gasteiger partial charge in [-0.2, -0.15) is 0 Å². The van der Waals surface area contributed by atoms with Gasteiger partial charge in [0.05, 0.1) is 5.69 Å². The number of nitrogens with one attached hydrogen (secondary N) is 1. The topological polar surface area (TPSA) is 38.1 Å². The summed E-state index contributed by atoms with van der Waals surface area (Å²) >= 11 is 0. The molecule has 1 N–H and O–H groups in total. The zero-order chi connectivity index (χ0) is 12.1. The molecule has 3 aliphatic carbocycles. The van der Waals surface area contributed by atoms with Crippen LogP contribution in [0.25, 0.3) is 0 Å². The van der Waals surface area contributed by atoms with Gasteiger partial charge >= 0.3 is 0 Å². The summed E-state index contributed by atoms with van der Waals surface area (Å²) in [5, 5.41) is 3.44. The number of nitrogens with zero attached hydrogens (tertiary/aromatic N) is 1. The minimum Gasteiger partial charge on any atom is -0.448 e. The molecule has 0 saturated heterocycles. The van der Waals surface area contributed by atoms with Crippen LogP contribution >= 0.6 is 0 Å². The largest absolute Gasteiger partial charge is 0.448 e. The summed E-state index contributed by atoms with van der Waals surface area (Å²) in [5.41, 5.74) is 1.17. The van der Waals surface area contributed by atoms with E-state index in [9.17, 15) is 0 Å². The third kappa shape index (κ3) is 1.49. The molecule has 3 fully saturated rings. The lowest BCUT2D eigenvalue weighted by Crippen LogP contribution is -2.15. The normalized spacial score (nSPS) is 40.2. The molecule has 1 heterocycles. The lowest BCUT2D eigenvalue weighted by Gasteiger charge is -2.08. The van der Waals surface area contributed by atoms with Crippen LogP contribution in [0.3, 0.4) is 0 Å². The van der Waals surface area contributed by atoms with Gasteiger partial charge < -0.3 is 9.73 Å². The van der Waals surface area contributed by atoms with Gasteiger partial charge in [0.25, 0.3) is 0 Å². The second kappa shape index (κ2) is 4.09. The van der Waals surface area contributed by atoms with Crippen molar-refractivity contribution in [2.24, 2.45) is 23.7 Å². The summed E-state index contributed by atoms with van der Waals surface area (Å²) in [4.78, 5) is 4.42. The number of fused-ring (bicyclic) bond motifs is 5. The van der Waals surface area contributed by atoms with E-state index < -0.39 is 0 Å². The van der Waals surface area contributed by atoms with E-state index >= 15 is 0 Å². The van der Waals surface area contributed by atoms with Gasteiger partial charge in [0, 0.05) is 12.5 Å². The molecule has 3 aliphatic rings. The third-order valence-electron chi connectivity index (χ3n) is 5.43. The highest BCUT2D eigenvalue weighted by Gasteiger charge is 2.66. The highest BCUT2D eigenvalue weighted by molar-refractivity contribution is 5.29. The van der Waals surface area contributed by atoms with Gasteiger partial charge in [0.2, 0.25) is 0 Å². The zero-order valence-electron chi connectivity index (χ0n) is 11.1. The molecular formula is C15H22N2O. The molecule has 0 aliphatic heterocycles. The van der Waals surface area contributed by atoms with E-state index in [2.05, 4.69) is 17.2 Å². The Hall–Kier alpha value is -0.830. The Morgan fingerprint density at radius 2 is 2.11 bits per heavy atom. The molecule has 0 spiro atoms. The summed E-state index contributed by atoms with van der Waals surface area (Å²) in [7, 11) is 0. The maximum Gasteiger partial charge on any atom is 0.181 e. The van der Waals surface area contributed by atoms with E-state index in [0.717, 1.165) is 42.7 Å². The Kier molecular flexibility index (Phi) is 2.51. The Labute approximate surface area is 108 Å². The summed E-state index contributed by atoms with van der Waals surface area (Å²) < 4.78 is 5.73. The second-order valence-electron chi connectivity index (χ2n) is 6.35. The first-order valence-electron chi connectivity index (χ1n) is 7.53. The van der Waals surface area contributed by atoms with Crippen molar-refractivity contribution in [2.75, 3.05) is 6.54 Å². The van der Waals surface area contributed by atoms with Crippen LogP contribution in [0.4, 0.5) is 0 Å². The number of aromatic nitrogens is 1. The molecule has 0 amide bonds. The van der Waals surface area contributed by atoms with E-state index in [-0.39, 0.29) is 0 Å². The number of hydrogen-bond donors (Lipinski definition) is 1. The van der Waals surface area contributed by atoms with Gasteiger partial charge in [-0.3, -0.25) is 0 Å². The number of rotatable bonds is 5. The molecule has 4 atom stereocenters.